The van der Waals surface area contributed by atoms with Crippen molar-refractivity contribution in [2.45, 2.75) is 0 Å². The molecule has 0 amide bonds. The summed E-state index contributed by atoms with van der Waals surface area (Å²) in [7, 11) is 0. The van der Waals surface area contributed by atoms with Crippen molar-refractivity contribution < 1.29 is 0 Å². The van der Waals surface area contributed by atoms with Crippen LogP contribution in [0.25, 0.3) is 90.9 Å². The van der Waals surface area contributed by atoms with Gasteiger partial charge < -0.3 is 0 Å². The second-order valence-electron chi connectivity index (χ2n) is 11.3. The van der Waals surface area contributed by atoms with E-state index < -0.39 is 0 Å². The fourth-order valence-corrected chi connectivity index (χ4v) is 8.91. The molecule has 0 aliphatic rings. The van der Waals surface area contributed by atoms with Gasteiger partial charge in [-0.15, -0.1) is 22.7 Å². The molecule has 0 fully saturated rings. The van der Waals surface area contributed by atoms with Crippen LogP contribution in [0.15, 0.2) is 133 Å². The van der Waals surface area contributed by atoms with Crippen molar-refractivity contribution in [2.24, 2.45) is 0 Å². The number of hydrogen-bond acceptors (Lipinski definition) is 5. The third-order valence-corrected chi connectivity index (χ3v) is 10.9. The third kappa shape index (κ3) is 3.80. The average molecular weight is 611 g/mol. The van der Waals surface area contributed by atoms with Crippen LogP contribution >= 0.6 is 22.7 Å². The molecule has 4 nitrogen and oxygen atoms in total. The normalized spacial score (nSPS) is 12.0. The number of fused-ring (bicyclic) bond motifs is 9. The molecule has 6 heteroatoms. The summed E-state index contributed by atoms with van der Waals surface area (Å²) >= 11 is 3.73. The number of nitrogens with zero attached hydrogens (tertiary/aromatic N) is 4. The summed E-state index contributed by atoms with van der Waals surface area (Å²) in [5.41, 5.74) is 4.08. The van der Waals surface area contributed by atoms with Crippen molar-refractivity contribution in [3.05, 3.63) is 133 Å². The molecular weight excluding hydrogens is 589 g/mol. The minimum atomic E-state index is 0.612. The molecule has 210 valence electrons. The van der Waals surface area contributed by atoms with Gasteiger partial charge in [-0.25, -0.2) is 4.98 Å². The maximum absolute atomic E-state index is 5.10. The zero-order valence-electron chi connectivity index (χ0n) is 23.8. The highest BCUT2D eigenvalue weighted by atomic mass is 32.1. The van der Waals surface area contributed by atoms with E-state index in [4.69, 9.17) is 15.0 Å². The highest BCUT2D eigenvalue weighted by Crippen LogP contribution is 2.44. The van der Waals surface area contributed by atoms with Crippen molar-refractivity contribution in [3.63, 3.8) is 0 Å². The van der Waals surface area contributed by atoms with Gasteiger partial charge in [-0.2, -0.15) is 9.97 Å². The van der Waals surface area contributed by atoms with Crippen molar-refractivity contribution in [2.75, 3.05) is 0 Å². The zero-order chi connectivity index (χ0) is 29.5. The van der Waals surface area contributed by atoms with Crippen LogP contribution in [-0.4, -0.2) is 19.5 Å². The Morgan fingerprint density at radius 2 is 0.911 bits per heavy atom. The highest BCUT2D eigenvalue weighted by Gasteiger charge is 2.20. The Morgan fingerprint density at radius 3 is 1.62 bits per heavy atom. The lowest BCUT2D eigenvalue weighted by Gasteiger charge is -2.10. The molecule has 0 bridgehead atoms. The third-order valence-electron chi connectivity index (χ3n) is 8.65. The molecule has 0 unspecified atom stereocenters. The van der Waals surface area contributed by atoms with Gasteiger partial charge in [0.25, 0.3) is 0 Å². The predicted octanol–water partition coefficient (Wildman–Crippen LogP) is 11.0. The topological polar surface area (TPSA) is 43.6 Å². The monoisotopic (exact) mass is 610 g/mol. The number of para-hydroxylation sites is 1. The smallest absolute Gasteiger partial charge is 0.238 e. The van der Waals surface area contributed by atoms with Crippen LogP contribution in [-0.2, 0) is 0 Å². The second-order valence-corrected chi connectivity index (χ2v) is 13.4. The van der Waals surface area contributed by atoms with E-state index in [9.17, 15) is 0 Å². The molecule has 0 saturated carbocycles. The molecule has 0 radical (unpaired) electrons. The summed E-state index contributed by atoms with van der Waals surface area (Å²) in [6, 6.07) is 47.1. The largest absolute Gasteiger partial charge is 0.278 e. The lowest BCUT2D eigenvalue weighted by molar-refractivity contribution is 0.954. The van der Waals surface area contributed by atoms with Crippen molar-refractivity contribution >= 4 is 84.8 Å². The van der Waals surface area contributed by atoms with E-state index in [2.05, 4.69) is 102 Å². The summed E-state index contributed by atoms with van der Waals surface area (Å²) in [5.74, 6) is 1.92. The van der Waals surface area contributed by atoms with E-state index in [-0.39, 0.29) is 0 Å². The van der Waals surface area contributed by atoms with E-state index >= 15 is 0 Å². The van der Waals surface area contributed by atoms with E-state index in [1.165, 1.54) is 51.1 Å². The van der Waals surface area contributed by atoms with Crippen LogP contribution in [0.4, 0.5) is 0 Å². The maximum Gasteiger partial charge on any atom is 0.238 e. The summed E-state index contributed by atoms with van der Waals surface area (Å²) in [4.78, 5) is 15.1. The van der Waals surface area contributed by atoms with E-state index in [1.807, 2.05) is 59.1 Å². The Kier molecular flexibility index (Phi) is 5.29. The van der Waals surface area contributed by atoms with Crippen molar-refractivity contribution in [1.82, 2.24) is 19.5 Å². The number of rotatable bonds is 3. The Bertz CT molecular complexity index is 2700. The molecule has 0 aliphatic carbocycles. The van der Waals surface area contributed by atoms with Crippen molar-refractivity contribution in [3.8, 4) is 28.7 Å². The molecule has 4 aromatic heterocycles. The molecule has 10 rings (SSSR count). The van der Waals surface area contributed by atoms with Gasteiger partial charge in [0.05, 0.1) is 11.0 Å². The SMILES string of the molecule is c1ccc(-c2nc(-c3ccccc3)nc(-n3c4ccccc4c4cc5c(cc43)sc3cc4sc6ccccc6c4cc35)n2)cc1. The van der Waals surface area contributed by atoms with Gasteiger partial charge >= 0.3 is 0 Å². The first kappa shape index (κ1) is 25.0. The molecule has 4 heterocycles. The van der Waals surface area contributed by atoms with Gasteiger partial charge in [-0.3, -0.25) is 4.57 Å². The standard InChI is InChI=1S/C39H22N4S2/c1-3-11-23(12-4-1)37-40-38(24-13-5-2-6-14-24)42-39(41-37)43-31-17-9-7-15-25(31)27-19-29-30-20-28-26-16-8-10-18-33(26)44-35(28)22-36(30)45-34(29)21-32(27)43/h1-22H. The maximum atomic E-state index is 5.10. The van der Waals surface area contributed by atoms with Gasteiger partial charge in [-0.1, -0.05) is 97.1 Å². The van der Waals surface area contributed by atoms with E-state index in [0.717, 1.165) is 22.2 Å². The summed E-state index contributed by atoms with van der Waals surface area (Å²) in [6.45, 7) is 0. The number of aromatic nitrogens is 4. The van der Waals surface area contributed by atoms with Gasteiger partial charge in [0.15, 0.2) is 11.6 Å². The van der Waals surface area contributed by atoms with Crippen LogP contribution in [0.1, 0.15) is 0 Å². The molecule has 0 atom stereocenters. The predicted molar refractivity (Wildman–Crippen MR) is 191 cm³/mol. The summed E-state index contributed by atoms with van der Waals surface area (Å²) < 4.78 is 7.44. The first-order valence-electron chi connectivity index (χ1n) is 14.9. The molecule has 45 heavy (non-hydrogen) atoms. The van der Waals surface area contributed by atoms with Gasteiger partial charge in [0.2, 0.25) is 5.95 Å². The van der Waals surface area contributed by atoms with E-state index in [0.29, 0.717) is 17.6 Å². The number of thiophene rings is 2. The molecule has 10 aromatic rings. The minimum absolute atomic E-state index is 0.612. The zero-order valence-corrected chi connectivity index (χ0v) is 25.4. The highest BCUT2D eigenvalue weighted by molar-refractivity contribution is 7.28. The van der Waals surface area contributed by atoms with Crippen LogP contribution < -0.4 is 0 Å². The Morgan fingerprint density at radius 1 is 0.378 bits per heavy atom. The fraction of sp³-hybridized carbons (Fsp3) is 0. The van der Waals surface area contributed by atoms with Gasteiger partial charge in [0, 0.05) is 62.2 Å². The second kappa shape index (κ2) is 9.53. The Balaban J connectivity index is 1.28. The first-order chi connectivity index (χ1) is 22.3. The average Bonchev–Trinajstić information content (AvgIpc) is 3.75. The minimum Gasteiger partial charge on any atom is -0.278 e. The number of benzene rings is 6. The molecule has 0 N–H and O–H groups in total. The van der Waals surface area contributed by atoms with Gasteiger partial charge in [-0.05, 0) is 36.4 Å². The lowest BCUT2D eigenvalue weighted by atomic mass is 10.1. The van der Waals surface area contributed by atoms with Crippen LogP contribution in [0.2, 0.25) is 0 Å². The first-order valence-corrected chi connectivity index (χ1v) is 16.5. The van der Waals surface area contributed by atoms with Crippen LogP contribution in [0, 0.1) is 0 Å². The van der Waals surface area contributed by atoms with Crippen molar-refractivity contribution in [1.29, 1.82) is 0 Å². The molecular formula is C39H22N4S2. The molecule has 0 aliphatic heterocycles. The molecule has 0 saturated heterocycles. The quantitative estimate of drug-likeness (QED) is 0.200. The lowest BCUT2D eigenvalue weighted by Crippen LogP contribution is -2.06. The Hall–Kier alpha value is -5.43. The fourth-order valence-electron chi connectivity index (χ4n) is 6.57. The Labute approximate surface area is 265 Å². The summed E-state index contributed by atoms with van der Waals surface area (Å²) in [5, 5.41) is 7.62. The summed E-state index contributed by atoms with van der Waals surface area (Å²) in [6.07, 6.45) is 0. The van der Waals surface area contributed by atoms with Crippen LogP contribution in [0.3, 0.4) is 0 Å². The molecule has 6 aromatic carbocycles. The molecule has 0 spiro atoms. The van der Waals surface area contributed by atoms with Gasteiger partial charge in [0.1, 0.15) is 0 Å². The number of hydrogen-bond donors (Lipinski definition) is 0. The van der Waals surface area contributed by atoms with E-state index in [1.54, 1.807) is 0 Å². The van der Waals surface area contributed by atoms with Crippen LogP contribution in [0.5, 0.6) is 0 Å².